The fourth-order valence-electron chi connectivity index (χ4n) is 2.88. The van der Waals surface area contributed by atoms with Crippen molar-refractivity contribution in [3.63, 3.8) is 0 Å². The molecule has 0 aliphatic carbocycles. The fourth-order valence-corrected chi connectivity index (χ4v) is 3.07. The van der Waals surface area contributed by atoms with Crippen LogP contribution in [-0.4, -0.2) is 11.6 Å². The van der Waals surface area contributed by atoms with Gasteiger partial charge in [-0.15, -0.1) is 0 Å². The van der Waals surface area contributed by atoms with E-state index in [1.54, 1.807) is 6.07 Å². The van der Waals surface area contributed by atoms with E-state index in [1.807, 2.05) is 72.8 Å². The average molecular weight is 377 g/mol. The van der Waals surface area contributed by atoms with Crippen LogP contribution in [0.2, 0.25) is 5.02 Å². The van der Waals surface area contributed by atoms with Gasteiger partial charge >= 0.3 is 0 Å². The van der Waals surface area contributed by atoms with Crippen molar-refractivity contribution in [2.75, 3.05) is 5.01 Å². The Morgan fingerprint density at radius 1 is 0.963 bits per heavy atom. The largest absolute Gasteiger partial charge is 0.489 e. The van der Waals surface area contributed by atoms with Crippen LogP contribution in [0, 0.1) is 0 Å². The van der Waals surface area contributed by atoms with Gasteiger partial charge in [0.2, 0.25) is 0 Å². The van der Waals surface area contributed by atoms with Gasteiger partial charge in [0.05, 0.1) is 17.8 Å². The van der Waals surface area contributed by atoms with Crippen molar-refractivity contribution in [3.8, 4) is 5.75 Å². The number of carbonyl (C=O) groups is 1. The summed E-state index contributed by atoms with van der Waals surface area (Å²) in [6, 6.07) is 24.7. The number of amides is 1. The van der Waals surface area contributed by atoms with Crippen molar-refractivity contribution in [1.82, 2.24) is 0 Å². The van der Waals surface area contributed by atoms with Crippen molar-refractivity contribution < 1.29 is 9.53 Å². The van der Waals surface area contributed by atoms with Crippen molar-refractivity contribution >= 4 is 28.9 Å². The third-order valence-electron chi connectivity index (χ3n) is 4.26. The molecule has 0 bridgehead atoms. The third kappa shape index (κ3) is 4.01. The summed E-state index contributed by atoms with van der Waals surface area (Å²) in [5.41, 5.74) is 3.39. The minimum absolute atomic E-state index is 0.0667. The van der Waals surface area contributed by atoms with Gasteiger partial charge in [0, 0.05) is 5.02 Å². The molecular weight excluding hydrogens is 360 g/mol. The van der Waals surface area contributed by atoms with E-state index in [-0.39, 0.29) is 12.3 Å². The van der Waals surface area contributed by atoms with Gasteiger partial charge < -0.3 is 4.74 Å². The average Bonchev–Trinajstić information content (AvgIpc) is 3.09. The lowest BCUT2D eigenvalue weighted by molar-refractivity contribution is -0.116. The molecule has 4 nitrogen and oxygen atoms in total. The van der Waals surface area contributed by atoms with Crippen LogP contribution in [0.1, 0.15) is 17.5 Å². The summed E-state index contributed by atoms with van der Waals surface area (Å²) in [5.74, 6) is 0.677. The zero-order valence-electron chi connectivity index (χ0n) is 14.5. The van der Waals surface area contributed by atoms with Crippen LogP contribution in [-0.2, 0) is 11.4 Å². The van der Waals surface area contributed by atoms with E-state index in [0.717, 1.165) is 16.9 Å². The summed E-state index contributed by atoms with van der Waals surface area (Å²) in [5, 5.41) is 6.53. The molecule has 1 aliphatic heterocycles. The quantitative estimate of drug-likeness (QED) is 0.624. The first kappa shape index (κ1) is 17.3. The van der Waals surface area contributed by atoms with E-state index in [0.29, 0.717) is 23.0 Å². The number of benzene rings is 3. The Morgan fingerprint density at radius 3 is 2.48 bits per heavy atom. The molecule has 1 heterocycles. The molecule has 1 amide bonds. The molecule has 3 aromatic carbocycles. The molecule has 0 fully saturated rings. The lowest BCUT2D eigenvalue weighted by atomic mass is 10.1. The second kappa shape index (κ2) is 7.64. The Morgan fingerprint density at radius 2 is 1.74 bits per heavy atom. The Labute approximate surface area is 162 Å². The van der Waals surface area contributed by atoms with Crippen molar-refractivity contribution in [2.24, 2.45) is 5.10 Å². The van der Waals surface area contributed by atoms with Crippen LogP contribution in [0.15, 0.2) is 84.0 Å². The second-order valence-electron chi connectivity index (χ2n) is 6.21. The maximum Gasteiger partial charge on any atom is 0.253 e. The maximum absolute atomic E-state index is 12.4. The molecule has 1 aliphatic rings. The Kier molecular flexibility index (Phi) is 4.90. The number of nitrogens with zero attached hydrogens (tertiary/aromatic N) is 2. The summed E-state index contributed by atoms with van der Waals surface area (Å²) in [6.45, 7) is 0.500. The zero-order valence-corrected chi connectivity index (χ0v) is 15.3. The van der Waals surface area contributed by atoms with E-state index >= 15 is 0 Å². The molecule has 5 heteroatoms. The van der Waals surface area contributed by atoms with E-state index in [9.17, 15) is 4.79 Å². The number of hydrogen-bond donors (Lipinski definition) is 0. The first-order valence-corrected chi connectivity index (χ1v) is 9.00. The predicted molar refractivity (Wildman–Crippen MR) is 107 cm³/mol. The minimum atomic E-state index is -0.0667. The number of hydrogen-bond acceptors (Lipinski definition) is 3. The van der Waals surface area contributed by atoms with E-state index in [4.69, 9.17) is 16.3 Å². The normalized spacial score (nSPS) is 13.6. The summed E-state index contributed by atoms with van der Waals surface area (Å²) < 4.78 is 5.79. The lowest BCUT2D eigenvalue weighted by Gasteiger charge is -2.12. The molecule has 0 aromatic heterocycles. The van der Waals surface area contributed by atoms with Crippen LogP contribution >= 0.6 is 11.6 Å². The number of rotatable bonds is 5. The SMILES string of the molecule is O=C1CC(c2cccc(Cl)c2)=NN1c1ccc(OCc2ccccc2)cc1. The standard InChI is InChI=1S/C22H17ClN2O2/c23-18-8-4-7-17(13-18)21-14-22(26)25(24-21)19-9-11-20(12-10-19)27-15-16-5-2-1-3-6-16/h1-13H,14-15H2. The fraction of sp³-hybridized carbons (Fsp3) is 0.0909. The van der Waals surface area contributed by atoms with Gasteiger partial charge in [-0.3, -0.25) is 4.79 Å². The summed E-state index contributed by atoms with van der Waals surface area (Å²) in [4.78, 5) is 12.4. The highest BCUT2D eigenvalue weighted by molar-refractivity contribution is 6.31. The van der Waals surface area contributed by atoms with E-state index in [2.05, 4.69) is 5.10 Å². The molecule has 4 rings (SSSR count). The highest BCUT2D eigenvalue weighted by Crippen LogP contribution is 2.26. The molecule has 3 aromatic rings. The number of carbonyl (C=O) groups excluding carboxylic acids is 1. The molecule has 0 saturated heterocycles. The van der Waals surface area contributed by atoms with Gasteiger partial charge in [-0.2, -0.15) is 5.10 Å². The highest BCUT2D eigenvalue weighted by Gasteiger charge is 2.26. The number of hydrazone groups is 1. The zero-order chi connectivity index (χ0) is 18.6. The third-order valence-corrected chi connectivity index (χ3v) is 4.50. The molecule has 0 spiro atoms. The Balaban J connectivity index is 1.47. The first-order chi connectivity index (χ1) is 13.2. The van der Waals surface area contributed by atoms with Crippen molar-refractivity contribution in [3.05, 3.63) is 95.0 Å². The van der Waals surface area contributed by atoms with Crippen molar-refractivity contribution in [2.45, 2.75) is 13.0 Å². The van der Waals surface area contributed by atoms with Gasteiger partial charge in [-0.25, -0.2) is 5.01 Å². The van der Waals surface area contributed by atoms with Gasteiger partial charge in [-0.1, -0.05) is 54.1 Å². The topological polar surface area (TPSA) is 41.9 Å². The van der Waals surface area contributed by atoms with Gasteiger partial charge in [0.15, 0.2) is 0 Å². The molecule has 0 saturated carbocycles. The van der Waals surface area contributed by atoms with E-state index < -0.39 is 0 Å². The molecule has 0 N–H and O–H groups in total. The first-order valence-electron chi connectivity index (χ1n) is 8.62. The Hall–Kier alpha value is -3.11. The van der Waals surface area contributed by atoms with Crippen LogP contribution in [0.4, 0.5) is 5.69 Å². The van der Waals surface area contributed by atoms with Crippen LogP contribution in [0.3, 0.4) is 0 Å². The monoisotopic (exact) mass is 376 g/mol. The molecule has 134 valence electrons. The summed E-state index contributed by atoms with van der Waals surface area (Å²) in [6.07, 6.45) is 0.257. The number of ether oxygens (including phenoxy) is 1. The molecule has 0 radical (unpaired) electrons. The minimum Gasteiger partial charge on any atom is -0.489 e. The highest BCUT2D eigenvalue weighted by atomic mass is 35.5. The summed E-state index contributed by atoms with van der Waals surface area (Å²) >= 11 is 6.04. The molecule has 0 atom stereocenters. The molecular formula is C22H17ClN2O2. The van der Waals surface area contributed by atoms with Crippen LogP contribution < -0.4 is 9.75 Å². The lowest BCUT2D eigenvalue weighted by Crippen LogP contribution is -2.19. The smallest absolute Gasteiger partial charge is 0.253 e. The number of halogens is 1. The molecule has 0 unspecified atom stereocenters. The van der Waals surface area contributed by atoms with Gasteiger partial charge in [-0.05, 0) is 47.5 Å². The predicted octanol–water partition coefficient (Wildman–Crippen LogP) is 5.06. The Bertz CT molecular complexity index is 985. The van der Waals surface area contributed by atoms with Crippen LogP contribution in [0.5, 0.6) is 5.75 Å². The summed E-state index contributed by atoms with van der Waals surface area (Å²) in [7, 11) is 0. The maximum atomic E-state index is 12.4. The number of anilines is 1. The van der Waals surface area contributed by atoms with E-state index in [1.165, 1.54) is 5.01 Å². The van der Waals surface area contributed by atoms with Gasteiger partial charge in [0.25, 0.3) is 5.91 Å². The van der Waals surface area contributed by atoms with Gasteiger partial charge in [0.1, 0.15) is 12.4 Å². The second-order valence-corrected chi connectivity index (χ2v) is 6.64. The van der Waals surface area contributed by atoms with Crippen molar-refractivity contribution in [1.29, 1.82) is 0 Å². The molecule has 27 heavy (non-hydrogen) atoms. The van der Waals surface area contributed by atoms with Crippen LogP contribution in [0.25, 0.3) is 0 Å².